The molecule has 1 saturated heterocycles. The molecule has 0 spiro atoms. The molecule has 4 heteroatoms. The second-order valence-electron chi connectivity index (χ2n) is 5.71. The van der Waals surface area contributed by atoms with Crippen LogP contribution in [0.5, 0.6) is 0 Å². The average molecular weight is 227 g/mol. The Bertz CT molecular complexity index is 290. The number of hydrogen-bond acceptors (Lipinski definition) is 3. The predicted molar refractivity (Wildman–Crippen MR) is 60.3 cm³/mol. The fraction of sp³-hybridized carbons (Fsp3) is 0.917. The van der Waals surface area contributed by atoms with Gasteiger partial charge in [0, 0.05) is 19.1 Å². The highest BCUT2D eigenvalue weighted by Crippen LogP contribution is 2.35. The number of nitrogens with zero attached hydrogens (tertiary/aromatic N) is 1. The summed E-state index contributed by atoms with van der Waals surface area (Å²) in [6.45, 7) is 7.90. The van der Waals surface area contributed by atoms with Crippen molar-refractivity contribution in [3.8, 4) is 0 Å². The van der Waals surface area contributed by atoms with Gasteiger partial charge in [-0.05, 0) is 33.6 Å². The van der Waals surface area contributed by atoms with Crippen LogP contribution < -0.4 is 0 Å². The molecule has 2 aliphatic rings. The Kier molecular flexibility index (Phi) is 2.97. The molecule has 0 aromatic heterocycles. The van der Waals surface area contributed by atoms with E-state index in [0.29, 0.717) is 0 Å². The van der Waals surface area contributed by atoms with Gasteiger partial charge in [-0.1, -0.05) is 0 Å². The van der Waals surface area contributed by atoms with Crippen LogP contribution in [0.15, 0.2) is 0 Å². The van der Waals surface area contributed by atoms with E-state index in [-0.39, 0.29) is 23.7 Å². The lowest BCUT2D eigenvalue weighted by Gasteiger charge is -2.49. The highest BCUT2D eigenvalue weighted by Gasteiger charge is 2.44. The standard InChI is InChI=1S/C12H21NO3/c1-8-6-13(7-12(2,3)16-8)10-5-4-9(10)11(14)15/h8-10H,4-7H2,1-3H3,(H,14,15). The SMILES string of the molecule is CC1CN(C2CCC2C(=O)O)CC(C)(C)O1. The molecule has 2 rings (SSSR count). The van der Waals surface area contributed by atoms with Gasteiger partial charge in [0.1, 0.15) is 0 Å². The molecule has 1 saturated carbocycles. The molecule has 0 amide bonds. The van der Waals surface area contributed by atoms with Crippen LogP contribution in [0.3, 0.4) is 0 Å². The van der Waals surface area contributed by atoms with Crippen LogP contribution in [0.1, 0.15) is 33.6 Å². The van der Waals surface area contributed by atoms with Crippen molar-refractivity contribution in [1.29, 1.82) is 0 Å². The summed E-state index contributed by atoms with van der Waals surface area (Å²) in [6.07, 6.45) is 2.03. The molecule has 1 aliphatic heterocycles. The third-order valence-corrected chi connectivity index (χ3v) is 3.62. The van der Waals surface area contributed by atoms with E-state index in [9.17, 15) is 4.79 Å². The first kappa shape index (κ1) is 11.9. The van der Waals surface area contributed by atoms with Crippen molar-refractivity contribution < 1.29 is 14.6 Å². The van der Waals surface area contributed by atoms with Gasteiger partial charge in [-0.2, -0.15) is 0 Å². The number of carboxylic acid groups (broad SMARTS) is 1. The molecule has 3 atom stereocenters. The zero-order valence-electron chi connectivity index (χ0n) is 10.3. The van der Waals surface area contributed by atoms with Crippen molar-refractivity contribution in [3.63, 3.8) is 0 Å². The minimum atomic E-state index is -0.645. The molecule has 0 aromatic rings. The third-order valence-electron chi connectivity index (χ3n) is 3.62. The van der Waals surface area contributed by atoms with Crippen molar-refractivity contribution in [2.45, 2.75) is 51.4 Å². The lowest BCUT2D eigenvalue weighted by atomic mass is 9.77. The number of aliphatic carboxylic acids is 1. The second-order valence-corrected chi connectivity index (χ2v) is 5.71. The van der Waals surface area contributed by atoms with E-state index in [2.05, 4.69) is 25.7 Å². The van der Waals surface area contributed by atoms with Gasteiger partial charge in [-0.25, -0.2) is 0 Å². The highest BCUT2D eigenvalue weighted by atomic mass is 16.5. The van der Waals surface area contributed by atoms with Crippen LogP contribution in [-0.4, -0.2) is 46.8 Å². The van der Waals surface area contributed by atoms with E-state index in [1.54, 1.807) is 0 Å². The normalized spacial score (nSPS) is 39.1. The Hall–Kier alpha value is -0.610. The Labute approximate surface area is 96.6 Å². The molecule has 3 unspecified atom stereocenters. The fourth-order valence-electron chi connectivity index (χ4n) is 2.96. The molecule has 1 heterocycles. The largest absolute Gasteiger partial charge is 0.481 e. The van der Waals surface area contributed by atoms with Crippen molar-refractivity contribution in [2.24, 2.45) is 5.92 Å². The Morgan fingerprint density at radius 2 is 2.12 bits per heavy atom. The first-order valence-electron chi connectivity index (χ1n) is 6.04. The van der Waals surface area contributed by atoms with E-state index in [0.717, 1.165) is 25.9 Å². The van der Waals surface area contributed by atoms with Gasteiger partial charge in [-0.3, -0.25) is 9.69 Å². The summed E-state index contributed by atoms with van der Waals surface area (Å²) >= 11 is 0. The Morgan fingerprint density at radius 3 is 2.56 bits per heavy atom. The van der Waals surface area contributed by atoms with E-state index in [4.69, 9.17) is 9.84 Å². The molecular formula is C12H21NO3. The van der Waals surface area contributed by atoms with Crippen molar-refractivity contribution in [3.05, 3.63) is 0 Å². The number of rotatable bonds is 2. The third kappa shape index (κ3) is 2.23. The molecule has 0 radical (unpaired) electrons. The van der Waals surface area contributed by atoms with Gasteiger partial charge in [0.25, 0.3) is 0 Å². The van der Waals surface area contributed by atoms with E-state index < -0.39 is 5.97 Å². The maximum absolute atomic E-state index is 11.0. The first-order chi connectivity index (χ1) is 7.39. The summed E-state index contributed by atoms with van der Waals surface area (Å²) in [4.78, 5) is 13.3. The van der Waals surface area contributed by atoms with Crippen molar-refractivity contribution in [1.82, 2.24) is 4.90 Å². The van der Waals surface area contributed by atoms with Gasteiger partial charge in [0.15, 0.2) is 0 Å². The molecule has 2 fully saturated rings. The maximum atomic E-state index is 11.0. The second kappa shape index (κ2) is 4.00. The van der Waals surface area contributed by atoms with Crippen LogP contribution in [0.2, 0.25) is 0 Å². The minimum absolute atomic E-state index is 0.156. The highest BCUT2D eigenvalue weighted by molar-refractivity contribution is 5.72. The van der Waals surface area contributed by atoms with Crippen LogP contribution in [0.4, 0.5) is 0 Å². The van der Waals surface area contributed by atoms with Gasteiger partial charge >= 0.3 is 5.97 Å². The van der Waals surface area contributed by atoms with Crippen molar-refractivity contribution in [2.75, 3.05) is 13.1 Å². The average Bonchev–Trinajstić information content (AvgIpc) is 1.94. The molecule has 16 heavy (non-hydrogen) atoms. The zero-order valence-corrected chi connectivity index (χ0v) is 10.3. The molecule has 0 bridgehead atoms. The van der Waals surface area contributed by atoms with Crippen molar-refractivity contribution >= 4 is 5.97 Å². The molecule has 92 valence electrons. The van der Waals surface area contributed by atoms with Crippen LogP contribution in [0.25, 0.3) is 0 Å². The summed E-state index contributed by atoms with van der Waals surface area (Å²) in [7, 11) is 0. The van der Waals surface area contributed by atoms with Crippen LogP contribution in [-0.2, 0) is 9.53 Å². The lowest BCUT2D eigenvalue weighted by molar-refractivity contribution is -0.166. The Morgan fingerprint density at radius 1 is 1.44 bits per heavy atom. The van der Waals surface area contributed by atoms with Gasteiger partial charge in [0.2, 0.25) is 0 Å². The van der Waals surface area contributed by atoms with E-state index in [1.807, 2.05) is 0 Å². The summed E-state index contributed by atoms with van der Waals surface area (Å²) in [5, 5.41) is 9.07. The number of carboxylic acids is 1. The lowest BCUT2D eigenvalue weighted by Crippen LogP contribution is -2.60. The van der Waals surface area contributed by atoms with Gasteiger partial charge in [-0.15, -0.1) is 0 Å². The molecule has 1 aliphatic carbocycles. The number of ether oxygens (including phenoxy) is 1. The maximum Gasteiger partial charge on any atom is 0.308 e. The summed E-state index contributed by atoms with van der Waals surface area (Å²) in [5.41, 5.74) is -0.156. The number of carbonyl (C=O) groups is 1. The molecule has 0 aromatic carbocycles. The molecule has 1 N–H and O–H groups in total. The van der Waals surface area contributed by atoms with E-state index >= 15 is 0 Å². The summed E-state index contributed by atoms with van der Waals surface area (Å²) < 4.78 is 5.83. The van der Waals surface area contributed by atoms with Crippen LogP contribution >= 0.6 is 0 Å². The fourth-order valence-corrected chi connectivity index (χ4v) is 2.96. The van der Waals surface area contributed by atoms with Gasteiger partial charge in [0.05, 0.1) is 17.6 Å². The summed E-state index contributed by atoms with van der Waals surface area (Å²) in [5.74, 6) is -0.811. The Balaban J connectivity index is 2.01. The zero-order chi connectivity index (χ0) is 11.9. The van der Waals surface area contributed by atoms with Gasteiger partial charge < -0.3 is 9.84 Å². The topological polar surface area (TPSA) is 49.8 Å². The first-order valence-corrected chi connectivity index (χ1v) is 6.04. The number of hydrogen-bond donors (Lipinski definition) is 1. The predicted octanol–water partition coefficient (Wildman–Crippen LogP) is 1.35. The smallest absolute Gasteiger partial charge is 0.308 e. The summed E-state index contributed by atoms with van der Waals surface area (Å²) in [6, 6.07) is 0.225. The van der Waals surface area contributed by atoms with E-state index in [1.165, 1.54) is 0 Å². The van der Waals surface area contributed by atoms with Crippen LogP contribution in [0, 0.1) is 5.92 Å². The quantitative estimate of drug-likeness (QED) is 0.773. The monoisotopic (exact) mass is 227 g/mol. The molecule has 4 nitrogen and oxygen atoms in total. The minimum Gasteiger partial charge on any atom is -0.481 e. The number of morpholine rings is 1. The molecular weight excluding hydrogens is 206 g/mol.